The third kappa shape index (κ3) is 4.44. The summed E-state index contributed by atoms with van der Waals surface area (Å²) in [5.41, 5.74) is 6.90. The van der Waals surface area contributed by atoms with Crippen molar-refractivity contribution in [3.05, 3.63) is 35.5 Å². The average Bonchev–Trinajstić information content (AvgIpc) is 3.40. The number of likely N-dealkylation sites (N-methyl/N-ethyl adjacent to an activating group) is 1. The van der Waals surface area contributed by atoms with E-state index < -0.39 is 0 Å². The summed E-state index contributed by atoms with van der Waals surface area (Å²) in [5.74, 6) is 0.0990. The van der Waals surface area contributed by atoms with Crippen LogP contribution >= 0.6 is 0 Å². The summed E-state index contributed by atoms with van der Waals surface area (Å²) in [6.45, 7) is 6.82. The maximum absolute atomic E-state index is 13.0. The zero-order chi connectivity index (χ0) is 23.2. The molecule has 33 heavy (non-hydrogen) atoms. The molecule has 0 unspecified atom stereocenters. The molecule has 2 aromatic heterocycles. The molecule has 1 amide bonds. The molecule has 1 fully saturated rings. The van der Waals surface area contributed by atoms with Crippen LogP contribution in [0.25, 0.3) is 22.3 Å². The number of piperidine rings is 1. The number of benzene rings is 1. The Morgan fingerprint density at radius 3 is 3.00 bits per heavy atom. The Bertz CT molecular complexity index is 1160. The highest BCUT2D eigenvalue weighted by Crippen LogP contribution is 2.38. The van der Waals surface area contributed by atoms with Crippen LogP contribution in [0.5, 0.6) is 0 Å². The lowest BCUT2D eigenvalue weighted by atomic mass is 9.76. The number of nitrogens with one attached hydrogen (secondary N) is 2. The van der Waals surface area contributed by atoms with Crippen LogP contribution < -0.4 is 4.90 Å². The number of amides is 1. The van der Waals surface area contributed by atoms with E-state index >= 15 is 0 Å². The van der Waals surface area contributed by atoms with Gasteiger partial charge in [0.1, 0.15) is 5.69 Å². The normalized spacial score (nSPS) is 20.7. The molecule has 7 nitrogen and oxygen atoms in total. The predicted molar refractivity (Wildman–Crippen MR) is 132 cm³/mol. The quantitative estimate of drug-likeness (QED) is 0.614. The van der Waals surface area contributed by atoms with Gasteiger partial charge in [-0.1, -0.05) is 19.9 Å². The van der Waals surface area contributed by atoms with Crippen molar-refractivity contribution in [2.45, 2.75) is 52.1 Å². The van der Waals surface area contributed by atoms with Crippen LogP contribution in [-0.2, 0) is 22.4 Å². The fraction of sp³-hybridized carbons (Fsp3) is 0.538. The van der Waals surface area contributed by atoms with E-state index in [-0.39, 0.29) is 12.0 Å². The number of carbonyl (C=O) groups is 1. The number of aromatic nitrogens is 3. The van der Waals surface area contributed by atoms with Crippen LogP contribution in [0, 0.1) is 5.41 Å². The highest BCUT2D eigenvalue weighted by Gasteiger charge is 2.29. The molecular weight excluding hydrogens is 414 g/mol. The van der Waals surface area contributed by atoms with Gasteiger partial charge in [-0.05, 0) is 62.3 Å². The van der Waals surface area contributed by atoms with Crippen LogP contribution in [0.3, 0.4) is 0 Å². The van der Waals surface area contributed by atoms with E-state index in [1.165, 1.54) is 17.7 Å². The molecule has 0 radical (unpaired) electrons. The number of aromatic amines is 2. The topological polar surface area (TPSA) is 77.2 Å². The van der Waals surface area contributed by atoms with Crippen LogP contribution in [0.2, 0.25) is 0 Å². The van der Waals surface area contributed by atoms with Crippen molar-refractivity contribution < 1.29 is 9.53 Å². The van der Waals surface area contributed by atoms with Gasteiger partial charge in [0.05, 0.1) is 18.3 Å². The summed E-state index contributed by atoms with van der Waals surface area (Å²) >= 11 is 0. The minimum absolute atomic E-state index is 0.0990. The molecule has 1 atom stereocenters. The number of nitrogens with zero attached hydrogens (tertiary/aromatic N) is 3. The molecular formula is C26H35N5O2. The van der Waals surface area contributed by atoms with Crippen LogP contribution in [0.15, 0.2) is 24.3 Å². The van der Waals surface area contributed by atoms with Crippen molar-refractivity contribution in [3.63, 3.8) is 0 Å². The van der Waals surface area contributed by atoms with Crippen molar-refractivity contribution in [2.24, 2.45) is 5.41 Å². The summed E-state index contributed by atoms with van der Waals surface area (Å²) < 4.78 is 5.50. The molecule has 7 heteroatoms. The van der Waals surface area contributed by atoms with Gasteiger partial charge in [-0.2, -0.15) is 5.10 Å². The number of ether oxygens (including phenoxy) is 1. The lowest BCUT2D eigenvalue weighted by molar-refractivity contribution is -0.120. The maximum atomic E-state index is 13.0. The number of methoxy groups -OCH3 is 1. The van der Waals surface area contributed by atoms with Gasteiger partial charge in [0, 0.05) is 48.5 Å². The van der Waals surface area contributed by atoms with Crippen molar-refractivity contribution in [3.8, 4) is 11.4 Å². The van der Waals surface area contributed by atoms with E-state index in [9.17, 15) is 4.79 Å². The van der Waals surface area contributed by atoms with Gasteiger partial charge in [-0.3, -0.25) is 14.8 Å². The number of H-pyrrole nitrogens is 2. The van der Waals surface area contributed by atoms with E-state index in [0.29, 0.717) is 12.0 Å². The molecule has 0 bridgehead atoms. The average molecular weight is 450 g/mol. The van der Waals surface area contributed by atoms with Crippen molar-refractivity contribution in [2.75, 3.05) is 38.7 Å². The number of rotatable bonds is 5. The second kappa shape index (κ2) is 8.61. The molecule has 1 saturated heterocycles. The summed E-state index contributed by atoms with van der Waals surface area (Å²) in [6, 6.07) is 8.33. The zero-order valence-electron chi connectivity index (χ0n) is 20.2. The molecule has 2 N–H and O–H groups in total. The van der Waals surface area contributed by atoms with Gasteiger partial charge < -0.3 is 14.6 Å². The molecule has 3 heterocycles. The monoisotopic (exact) mass is 449 g/mol. The van der Waals surface area contributed by atoms with Gasteiger partial charge in [-0.15, -0.1) is 0 Å². The Balaban J connectivity index is 1.34. The van der Waals surface area contributed by atoms with E-state index in [0.717, 1.165) is 66.8 Å². The van der Waals surface area contributed by atoms with Gasteiger partial charge in [0.15, 0.2) is 0 Å². The lowest BCUT2D eigenvalue weighted by Gasteiger charge is -2.32. The number of likely N-dealkylation sites (tertiary alicyclic amines) is 1. The number of carbonyl (C=O) groups excluding carboxylic acids is 1. The van der Waals surface area contributed by atoms with Gasteiger partial charge in [-0.25, -0.2) is 0 Å². The van der Waals surface area contributed by atoms with E-state index in [1.807, 2.05) is 13.1 Å². The molecule has 0 spiro atoms. The molecule has 3 aromatic rings. The van der Waals surface area contributed by atoms with Crippen molar-refractivity contribution in [1.29, 1.82) is 0 Å². The molecule has 1 aliphatic heterocycles. The molecule has 2 aliphatic rings. The largest absolute Gasteiger partial charge is 0.380 e. The standard InChI is InChI=1S/C26H35N5O2/c1-26(2)10-9-20-23(14-26)28-29-25(20)22-12-17-7-8-18(13-21(17)27-22)30(3)24(32)16-31-11-5-6-19(15-31)33-4/h7-8,12-13,19,27H,5-6,9-11,14-16H2,1-4H3,(H,28,29)/t19-/m1/s1. The molecule has 176 valence electrons. The minimum atomic E-state index is 0.0990. The summed E-state index contributed by atoms with van der Waals surface area (Å²) in [6.07, 6.45) is 5.62. The number of anilines is 1. The first kappa shape index (κ1) is 22.2. The van der Waals surface area contributed by atoms with Crippen LogP contribution in [0.1, 0.15) is 44.4 Å². The van der Waals surface area contributed by atoms with Crippen molar-refractivity contribution in [1.82, 2.24) is 20.1 Å². The fourth-order valence-corrected chi connectivity index (χ4v) is 5.31. The Kier molecular flexibility index (Phi) is 5.79. The fourth-order valence-electron chi connectivity index (χ4n) is 5.31. The number of fused-ring (bicyclic) bond motifs is 2. The first-order valence-corrected chi connectivity index (χ1v) is 12.0. The first-order valence-electron chi connectivity index (χ1n) is 12.0. The second-order valence-corrected chi connectivity index (χ2v) is 10.5. The Morgan fingerprint density at radius 2 is 2.18 bits per heavy atom. The first-order chi connectivity index (χ1) is 15.8. The van der Waals surface area contributed by atoms with Crippen LogP contribution in [0.4, 0.5) is 5.69 Å². The highest BCUT2D eigenvalue weighted by atomic mass is 16.5. The van der Waals surface area contributed by atoms with E-state index in [4.69, 9.17) is 4.74 Å². The predicted octanol–water partition coefficient (Wildman–Crippen LogP) is 4.15. The SMILES string of the molecule is CO[C@@H]1CCCN(CC(=O)N(C)c2ccc3cc(-c4n[nH]c5c4CCC(C)(C)C5)[nH]c3c2)C1. The highest BCUT2D eigenvalue weighted by molar-refractivity contribution is 5.97. The number of hydrogen-bond donors (Lipinski definition) is 2. The lowest BCUT2D eigenvalue weighted by Crippen LogP contribution is -2.45. The molecule has 1 aliphatic carbocycles. The zero-order valence-corrected chi connectivity index (χ0v) is 20.2. The molecule has 5 rings (SSSR count). The maximum Gasteiger partial charge on any atom is 0.240 e. The number of hydrogen-bond acceptors (Lipinski definition) is 4. The van der Waals surface area contributed by atoms with Gasteiger partial charge in [0.25, 0.3) is 0 Å². The smallest absolute Gasteiger partial charge is 0.240 e. The summed E-state index contributed by atoms with van der Waals surface area (Å²) in [4.78, 5) is 20.5. The molecule has 1 aromatic carbocycles. The summed E-state index contributed by atoms with van der Waals surface area (Å²) in [7, 11) is 3.61. The Labute approximate surface area is 195 Å². The van der Waals surface area contributed by atoms with Crippen LogP contribution in [-0.4, -0.2) is 65.9 Å². The van der Waals surface area contributed by atoms with Gasteiger partial charge >= 0.3 is 0 Å². The molecule has 0 saturated carbocycles. The summed E-state index contributed by atoms with van der Waals surface area (Å²) in [5, 5.41) is 9.06. The van der Waals surface area contributed by atoms with Gasteiger partial charge in [0.2, 0.25) is 5.91 Å². The van der Waals surface area contributed by atoms with E-state index in [1.54, 1.807) is 12.0 Å². The third-order valence-electron chi connectivity index (χ3n) is 7.44. The second-order valence-electron chi connectivity index (χ2n) is 10.5. The Hall–Kier alpha value is -2.64. The van der Waals surface area contributed by atoms with Crippen molar-refractivity contribution >= 4 is 22.5 Å². The van der Waals surface area contributed by atoms with E-state index in [2.05, 4.69) is 52.1 Å². The third-order valence-corrected chi connectivity index (χ3v) is 7.44. The minimum Gasteiger partial charge on any atom is -0.380 e. The Morgan fingerprint density at radius 1 is 1.33 bits per heavy atom.